The molecule has 2 atom stereocenters. The summed E-state index contributed by atoms with van der Waals surface area (Å²) in [6, 6.07) is 17.2. The molecule has 0 bridgehead atoms. The molecule has 0 saturated heterocycles. The Bertz CT molecular complexity index is 1610. The maximum absolute atomic E-state index is 13.9. The van der Waals surface area contributed by atoms with Crippen LogP contribution in [0, 0.1) is 0 Å². The summed E-state index contributed by atoms with van der Waals surface area (Å²) >= 11 is 0. The quantitative estimate of drug-likeness (QED) is 0.440. The van der Waals surface area contributed by atoms with Crippen molar-refractivity contribution in [3.8, 4) is 11.5 Å². The summed E-state index contributed by atoms with van der Waals surface area (Å²) in [6.07, 6.45) is 0.000487. The summed E-state index contributed by atoms with van der Waals surface area (Å²) in [6.45, 7) is 7.61. The van der Waals surface area contributed by atoms with Gasteiger partial charge in [-0.2, -0.15) is 0 Å². The molecule has 1 N–H and O–H groups in total. The van der Waals surface area contributed by atoms with E-state index in [1.54, 1.807) is 43.3 Å². The topological polar surface area (TPSA) is 119 Å². The maximum Gasteiger partial charge on any atom is 0.264 e. The molecular formula is C29H34N2O7S2. The van der Waals surface area contributed by atoms with E-state index >= 15 is 0 Å². The summed E-state index contributed by atoms with van der Waals surface area (Å²) < 4.78 is 63.8. The number of amides is 1. The van der Waals surface area contributed by atoms with Crippen molar-refractivity contribution >= 4 is 31.5 Å². The number of methoxy groups -OCH3 is 1. The number of ether oxygens (including phenoxy) is 2. The van der Waals surface area contributed by atoms with Crippen LogP contribution in [0.3, 0.4) is 0 Å². The molecule has 1 aliphatic rings. The molecule has 0 aliphatic carbocycles. The molecular weight excluding hydrogens is 552 g/mol. The van der Waals surface area contributed by atoms with Crippen molar-refractivity contribution in [2.45, 2.75) is 55.0 Å². The van der Waals surface area contributed by atoms with Gasteiger partial charge in [0.25, 0.3) is 15.9 Å². The molecule has 0 spiro atoms. The molecule has 0 radical (unpaired) electrons. The molecule has 4 rings (SSSR count). The van der Waals surface area contributed by atoms with Crippen LogP contribution in [0.15, 0.2) is 76.5 Å². The molecule has 0 aromatic heterocycles. The van der Waals surface area contributed by atoms with Gasteiger partial charge in [-0.15, -0.1) is 0 Å². The van der Waals surface area contributed by atoms with E-state index < -0.39 is 37.9 Å². The number of nitrogens with one attached hydrogen (secondary N) is 1. The highest BCUT2D eigenvalue weighted by molar-refractivity contribution is 7.92. The van der Waals surface area contributed by atoms with E-state index in [1.807, 2.05) is 26.8 Å². The van der Waals surface area contributed by atoms with Crippen molar-refractivity contribution in [2.24, 2.45) is 0 Å². The van der Waals surface area contributed by atoms with Gasteiger partial charge in [0.15, 0.2) is 15.9 Å². The number of carbonyl (C=O) groups excluding carboxylic acids is 1. The zero-order valence-corrected chi connectivity index (χ0v) is 25.0. The van der Waals surface area contributed by atoms with Crippen molar-refractivity contribution in [1.82, 2.24) is 5.32 Å². The lowest BCUT2D eigenvalue weighted by molar-refractivity contribution is -0.128. The fourth-order valence-corrected chi connectivity index (χ4v) is 6.45. The van der Waals surface area contributed by atoms with Crippen LogP contribution in [-0.4, -0.2) is 48.8 Å². The first kappa shape index (κ1) is 29.4. The zero-order chi connectivity index (χ0) is 29.5. The van der Waals surface area contributed by atoms with Crippen LogP contribution in [0.5, 0.6) is 11.5 Å². The summed E-state index contributed by atoms with van der Waals surface area (Å²) in [5.74, 6) is 0.300. The Hall–Kier alpha value is -3.57. The van der Waals surface area contributed by atoms with Crippen molar-refractivity contribution in [1.29, 1.82) is 0 Å². The molecule has 0 saturated carbocycles. The van der Waals surface area contributed by atoms with Crippen LogP contribution in [0.25, 0.3) is 0 Å². The van der Waals surface area contributed by atoms with Gasteiger partial charge >= 0.3 is 0 Å². The highest BCUT2D eigenvalue weighted by Crippen LogP contribution is 2.40. The SMILES string of the molecule is COc1ccc(S(=O)(=O)N2C[C@@H](C(=O)N[C@H](C)c3ccc(S(C)(=O)=O)cc3)Oc3ccc(C(C)(C)C)cc32)cc1. The first-order chi connectivity index (χ1) is 18.6. The van der Waals surface area contributed by atoms with Gasteiger partial charge in [-0.05, 0) is 72.0 Å². The van der Waals surface area contributed by atoms with Crippen LogP contribution >= 0.6 is 0 Å². The van der Waals surface area contributed by atoms with E-state index in [0.717, 1.165) is 11.8 Å². The average molecular weight is 587 g/mol. The number of hydrogen-bond acceptors (Lipinski definition) is 7. The Kier molecular flexibility index (Phi) is 7.92. The third-order valence-electron chi connectivity index (χ3n) is 6.80. The summed E-state index contributed by atoms with van der Waals surface area (Å²) in [4.78, 5) is 13.6. The standard InChI is InChI=1S/C29H34N2O7S2/c1-19(20-7-12-23(13-8-20)39(6,33)34)30-28(32)27-18-31(40(35,36)24-14-10-22(37-5)11-15-24)25-17-21(29(2,3)4)9-16-26(25)38-27/h7-17,19,27H,18H2,1-6H3,(H,30,32)/t19-,27+/m1/s1. The lowest BCUT2D eigenvalue weighted by atomic mass is 9.86. The van der Waals surface area contributed by atoms with Gasteiger partial charge < -0.3 is 14.8 Å². The molecule has 9 nitrogen and oxygen atoms in total. The van der Waals surface area contributed by atoms with Gasteiger partial charge in [0, 0.05) is 6.26 Å². The normalized spacial score (nSPS) is 16.4. The fraction of sp³-hybridized carbons (Fsp3) is 0.345. The fourth-order valence-electron chi connectivity index (χ4n) is 4.35. The number of carbonyl (C=O) groups is 1. The number of hydrogen-bond donors (Lipinski definition) is 1. The molecule has 1 heterocycles. The van der Waals surface area contributed by atoms with Gasteiger partial charge in [0.2, 0.25) is 0 Å². The number of nitrogens with zero attached hydrogens (tertiary/aromatic N) is 1. The van der Waals surface area contributed by atoms with Crippen LogP contribution < -0.4 is 19.1 Å². The lowest BCUT2D eigenvalue weighted by Gasteiger charge is -2.36. The third-order valence-corrected chi connectivity index (χ3v) is 9.72. The molecule has 1 aliphatic heterocycles. The van der Waals surface area contributed by atoms with Gasteiger partial charge in [0.05, 0.1) is 35.2 Å². The number of fused-ring (bicyclic) bond motifs is 1. The van der Waals surface area contributed by atoms with E-state index in [9.17, 15) is 21.6 Å². The predicted octanol–water partition coefficient (Wildman–Crippen LogP) is 4.23. The number of sulfonamides is 1. The molecule has 0 fully saturated rings. The van der Waals surface area contributed by atoms with E-state index in [2.05, 4.69) is 5.32 Å². The summed E-state index contributed by atoms with van der Waals surface area (Å²) in [5.41, 5.74) is 1.71. The lowest BCUT2D eigenvalue weighted by Crippen LogP contribution is -2.51. The average Bonchev–Trinajstić information content (AvgIpc) is 2.91. The molecule has 11 heteroatoms. The number of sulfone groups is 1. The molecule has 214 valence electrons. The molecule has 0 unspecified atom stereocenters. The Morgan fingerprint density at radius 2 is 1.57 bits per heavy atom. The van der Waals surface area contributed by atoms with Crippen molar-refractivity contribution in [2.75, 3.05) is 24.2 Å². The van der Waals surface area contributed by atoms with Crippen LogP contribution in [-0.2, 0) is 30.1 Å². The predicted molar refractivity (Wildman–Crippen MR) is 153 cm³/mol. The molecule has 40 heavy (non-hydrogen) atoms. The van der Waals surface area contributed by atoms with E-state index in [-0.39, 0.29) is 27.5 Å². The van der Waals surface area contributed by atoms with Crippen LogP contribution in [0.4, 0.5) is 5.69 Å². The van der Waals surface area contributed by atoms with E-state index in [4.69, 9.17) is 9.47 Å². The zero-order valence-electron chi connectivity index (χ0n) is 23.3. The monoisotopic (exact) mass is 586 g/mol. The van der Waals surface area contributed by atoms with Crippen molar-refractivity contribution in [3.63, 3.8) is 0 Å². The Balaban J connectivity index is 1.66. The summed E-state index contributed by atoms with van der Waals surface area (Å²) in [5, 5.41) is 2.87. The first-order valence-corrected chi connectivity index (χ1v) is 16.0. The van der Waals surface area contributed by atoms with E-state index in [0.29, 0.717) is 17.0 Å². The Morgan fingerprint density at radius 3 is 2.12 bits per heavy atom. The van der Waals surface area contributed by atoms with Gasteiger partial charge in [0.1, 0.15) is 11.5 Å². The van der Waals surface area contributed by atoms with Gasteiger partial charge in [-0.3, -0.25) is 9.10 Å². The second kappa shape index (κ2) is 10.8. The van der Waals surface area contributed by atoms with Crippen molar-refractivity contribution in [3.05, 3.63) is 77.9 Å². The highest BCUT2D eigenvalue weighted by atomic mass is 32.2. The van der Waals surface area contributed by atoms with E-state index in [1.165, 1.54) is 35.7 Å². The molecule has 1 amide bonds. The molecule has 3 aromatic carbocycles. The minimum absolute atomic E-state index is 0.0563. The summed E-state index contributed by atoms with van der Waals surface area (Å²) in [7, 11) is -5.92. The van der Waals surface area contributed by atoms with Crippen LogP contribution in [0.1, 0.15) is 44.9 Å². The minimum Gasteiger partial charge on any atom is -0.497 e. The number of anilines is 1. The maximum atomic E-state index is 13.9. The number of benzene rings is 3. The second-order valence-electron chi connectivity index (χ2n) is 10.8. The van der Waals surface area contributed by atoms with Gasteiger partial charge in [-0.25, -0.2) is 16.8 Å². The Morgan fingerprint density at radius 1 is 0.975 bits per heavy atom. The van der Waals surface area contributed by atoms with Crippen molar-refractivity contribution < 1.29 is 31.1 Å². The first-order valence-electron chi connectivity index (χ1n) is 12.7. The number of rotatable bonds is 7. The van der Waals surface area contributed by atoms with Gasteiger partial charge in [-0.1, -0.05) is 39.0 Å². The third kappa shape index (κ3) is 6.10. The van der Waals surface area contributed by atoms with Crippen LogP contribution in [0.2, 0.25) is 0 Å². The smallest absolute Gasteiger partial charge is 0.264 e. The minimum atomic E-state index is -4.07. The molecule has 3 aromatic rings. The largest absolute Gasteiger partial charge is 0.497 e. The second-order valence-corrected chi connectivity index (χ2v) is 14.7. The Labute approximate surface area is 236 Å². The highest BCUT2D eigenvalue weighted by Gasteiger charge is 2.38.